The number of hydrogen-bond acceptors (Lipinski definition) is 8. The molecule has 2 heterocycles. The van der Waals surface area contributed by atoms with E-state index in [9.17, 15) is 9.59 Å². The fourth-order valence-electron chi connectivity index (χ4n) is 6.13. The summed E-state index contributed by atoms with van der Waals surface area (Å²) in [7, 11) is 0. The molecule has 2 unspecified atom stereocenters. The van der Waals surface area contributed by atoms with E-state index in [1.54, 1.807) is 11.8 Å². The summed E-state index contributed by atoms with van der Waals surface area (Å²) in [5.41, 5.74) is 7.45. The van der Waals surface area contributed by atoms with E-state index in [0.29, 0.717) is 21.2 Å². The van der Waals surface area contributed by atoms with Crippen molar-refractivity contribution in [2.75, 3.05) is 17.7 Å². The Kier molecular flexibility index (Phi) is 9.82. The minimum absolute atomic E-state index is 0.250. The van der Waals surface area contributed by atoms with Crippen LogP contribution in [0.15, 0.2) is 76.5 Å². The van der Waals surface area contributed by atoms with Gasteiger partial charge in [0.15, 0.2) is 0 Å². The number of hydrogen-bond donors (Lipinski definition) is 1. The third kappa shape index (κ3) is 6.78. The Hall–Kier alpha value is -3.69. The molecule has 7 nitrogen and oxygen atoms in total. The highest BCUT2D eigenvalue weighted by molar-refractivity contribution is 8.26. The van der Waals surface area contributed by atoms with Crippen molar-refractivity contribution in [1.82, 2.24) is 4.90 Å². The van der Waals surface area contributed by atoms with Crippen LogP contribution in [0.1, 0.15) is 47.4 Å². The van der Waals surface area contributed by atoms with E-state index in [-0.39, 0.29) is 12.1 Å². The van der Waals surface area contributed by atoms with Crippen molar-refractivity contribution in [3.8, 4) is 0 Å². The van der Waals surface area contributed by atoms with Crippen LogP contribution in [0.2, 0.25) is 0 Å². The summed E-state index contributed by atoms with van der Waals surface area (Å²) in [6, 6.07) is 24.8. The Morgan fingerprint density at radius 3 is 2.33 bits per heavy atom. The van der Waals surface area contributed by atoms with Crippen LogP contribution < -0.4 is 4.90 Å². The molecule has 1 amide bonds. The Bertz CT molecular complexity index is 1600. The van der Waals surface area contributed by atoms with Gasteiger partial charge in [-0.1, -0.05) is 60.7 Å². The lowest BCUT2D eigenvalue weighted by Crippen LogP contribution is -2.33. The first-order valence-electron chi connectivity index (χ1n) is 13.9. The third-order valence-electron chi connectivity index (χ3n) is 8.06. The zero-order valence-electron chi connectivity index (χ0n) is 23.5. The van der Waals surface area contributed by atoms with Gasteiger partial charge in [-0.25, -0.2) is 0 Å². The second kappa shape index (κ2) is 13.7. The molecule has 3 aliphatic rings. The molecule has 2 atom stereocenters. The van der Waals surface area contributed by atoms with E-state index in [4.69, 9.17) is 26.9 Å². The molecule has 43 heavy (non-hydrogen) atoms. The van der Waals surface area contributed by atoms with Gasteiger partial charge in [-0.2, -0.15) is 9.59 Å². The normalized spacial score (nSPS) is 19.6. The number of amides is 1. The molecule has 3 aromatic carbocycles. The van der Waals surface area contributed by atoms with Crippen molar-refractivity contribution in [3.63, 3.8) is 0 Å². The molecule has 10 heteroatoms. The van der Waals surface area contributed by atoms with Crippen molar-refractivity contribution in [1.29, 1.82) is 0 Å². The molecule has 0 spiro atoms. The monoisotopic (exact) mass is 630 g/mol. The number of rotatable bonds is 8. The highest BCUT2D eigenvalue weighted by atomic mass is 32.2. The fraction of sp³-hybridized carbons (Fsp3) is 0.273. The first-order chi connectivity index (χ1) is 20.8. The van der Waals surface area contributed by atoms with Gasteiger partial charge in [-0.15, -0.1) is 11.8 Å². The number of carboxylic acids is 1. The second-order valence-electron chi connectivity index (χ2n) is 10.6. The van der Waals surface area contributed by atoms with Gasteiger partial charge >= 0.3 is 12.1 Å². The molecule has 220 valence electrons. The van der Waals surface area contributed by atoms with Crippen LogP contribution in [0.25, 0.3) is 6.08 Å². The van der Waals surface area contributed by atoms with Crippen LogP contribution in [0.3, 0.4) is 0 Å². The summed E-state index contributed by atoms with van der Waals surface area (Å²) in [6.45, 7) is -0.408. The zero-order chi connectivity index (χ0) is 30.5. The number of anilines is 2. The van der Waals surface area contributed by atoms with Crippen LogP contribution in [-0.2, 0) is 32.0 Å². The molecule has 0 aromatic heterocycles. The maximum absolute atomic E-state index is 12.8. The standard InChI is InChI=1S/C32H30N2O3S3.CO2/c1-39-24-14-9-21(10-15-24)6-5-20-7-12-23(13-8-20)34-27-4-2-3-25(27)26-17-22(11-16-28(26)34)18-29-31(37)33(19-30(35)36)32(38)40-29;2-1-3/h7-18,25,27H,2-6,19H2,1H3,(H,35,36);/b29-18-;. The molecular formula is C33H30N2O5S3. The molecule has 0 bridgehead atoms. The van der Waals surface area contributed by atoms with Crippen molar-refractivity contribution in [2.24, 2.45) is 0 Å². The fourth-order valence-corrected chi connectivity index (χ4v) is 7.79. The van der Waals surface area contributed by atoms with Gasteiger partial charge < -0.3 is 10.0 Å². The zero-order valence-corrected chi connectivity index (χ0v) is 26.0. The second-order valence-corrected chi connectivity index (χ2v) is 13.1. The van der Waals surface area contributed by atoms with Crippen molar-refractivity contribution in [2.45, 2.75) is 49.0 Å². The Morgan fingerprint density at radius 2 is 1.70 bits per heavy atom. The number of thiocarbonyl (C=S) groups is 1. The van der Waals surface area contributed by atoms with Crippen LogP contribution >= 0.6 is 35.7 Å². The highest BCUT2D eigenvalue weighted by Gasteiger charge is 2.42. The molecule has 1 saturated heterocycles. The molecule has 1 N–H and O–H groups in total. The maximum atomic E-state index is 12.8. The Labute approximate surface area is 264 Å². The van der Waals surface area contributed by atoms with Crippen molar-refractivity contribution < 1.29 is 24.3 Å². The third-order valence-corrected chi connectivity index (χ3v) is 10.2. The molecule has 1 saturated carbocycles. The number of carbonyl (C=O) groups is 2. The van der Waals surface area contributed by atoms with Crippen molar-refractivity contribution in [3.05, 3.63) is 93.9 Å². The molecule has 2 fully saturated rings. The largest absolute Gasteiger partial charge is 0.480 e. The number of nitrogens with zero attached hydrogens (tertiary/aromatic N) is 2. The summed E-state index contributed by atoms with van der Waals surface area (Å²) in [5.74, 6) is -0.944. The first-order valence-corrected chi connectivity index (χ1v) is 16.4. The smallest absolute Gasteiger partial charge is 0.373 e. The van der Waals surface area contributed by atoms with E-state index in [0.717, 1.165) is 36.1 Å². The van der Waals surface area contributed by atoms with E-state index in [1.807, 2.05) is 12.1 Å². The van der Waals surface area contributed by atoms with Gasteiger partial charge in [0, 0.05) is 28.2 Å². The van der Waals surface area contributed by atoms with Crippen molar-refractivity contribution >= 4 is 75.5 Å². The number of aryl methyl sites for hydroxylation is 2. The minimum Gasteiger partial charge on any atom is -0.480 e. The van der Waals surface area contributed by atoms with Crippen LogP contribution in [0.4, 0.5) is 11.4 Å². The lowest BCUT2D eigenvalue weighted by molar-refractivity contribution is -0.191. The van der Waals surface area contributed by atoms with Gasteiger partial charge in [-0.3, -0.25) is 14.5 Å². The van der Waals surface area contributed by atoms with Crippen LogP contribution in [0.5, 0.6) is 0 Å². The molecule has 3 aromatic rings. The number of carbonyl (C=O) groups excluding carboxylic acids is 3. The maximum Gasteiger partial charge on any atom is 0.373 e. The lowest BCUT2D eigenvalue weighted by atomic mass is 9.96. The average molecular weight is 631 g/mol. The van der Waals surface area contributed by atoms with Crippen LogP contribution in [0, 0.1) is 0 Å². The quantitative estimate of drug-likeness (QED) is 0.166. The van der Waals surface area contributed by atoms with E-state index in [1.165, 1.54) is 51.1 Å². The van der Waals surface area contributed by atoms with E-state index >= 15 is 0 Å². The molecule has 0 radical (unpaired) electrons. The summed E-state index contributed by atoms with van der Waals surface area (Å²) in [5, 5.41) is 9.11. The van der Waals surface area contributed by atoms with Gasteiger partial charge in [0.05, 0.1) is 4.91 Å². The molecular weight excluding hydrogens is 601 g/mol. The average Bonchev–Trinajstić information content (AvgIpc) is 3.67. The number of benzene rings is 3. The topological polar surface area (TPSA) is 95.0 Å². The number of fused-ring (bicyclic) bond motifs is 3. The summed E-state index contributed by atoms with van der Waals surface area (Å²) in [4.78, 5) is 45.6. The summed E-state index contributed by atoms with van der Waals surface area (Å²) in [6.07, 6.45) is 9.77. The van der Waals surface area contributed by atoms with Crippen LogP contribution in [-0.4, -0.2) is 51.2 Å². The van der Waals surface area contributed by atoms with Gasteiger partial charge in [-0.05, 0) is 96.7 Å². The molecule has 1 aliphatic carbocycles. The Morgan fingerprint density at radius 1 is 1.05 bits per heavy atom. The predicted molar refractivity (Wildman–Crippen MR) is 174 cm³/mol. The van der Waals surface area contributed by atoms with Gasteiger partial charge in [0.1, 0.15) is 10.9 Å². The van der Waals surface area contributed by atoms with Gasteiger partial charge in [0.25, 0.3) is 5.91 Å². The van der Waals surface area contributed by atoms with E-state index < -0.39 is 12.5 Å². The first kappa shape index (κ1) is 30.8. The number of thioether (sulfide) groups is 2. The minimum atomic E-state index is -1.07. The molecule has 2 aliphatic heterocycles. The summed E-state index contributed by atoms with van der Waals surface area (Å²) >= 11 is 8.19. The van der Waals surface area contributed by atoms with E-state index in [2.05, 4.69) is 71.8 Å². The van der Waals surface area contributed by atoms with Gasteiger partial charge in [0.2, 0.25) is 0 Å². The predicted octanol–water partition coefficient (Wildman–Crippen LogP) is 6.68. The number of aliphatic carboxylic acids is 1. The summed E-state index contributed by atoms with van der Waals surface area (Å²) < 4.78 is 0.291. The Balaban J connectivity index is 0.00000118. The highest BCUT2D eigenvalue weighted by Crippen LogP contribution is 2.52. The number of carboxylic acid groups (broad SMARTS) is 1. The molecule has 6 rings (SSSR count). The SMILES string of the molecule is CSc1ccc(CCc2ccc(N3c4ccc(/C=C5\SC(=S)N(CC(=O)O)C5=O)cc4C4CCCC43)cc2)cc1.O=C=O. The lowest BCUT2D eigenvalue weighted by Gasteiger charge is -2.27.